The number of carbonyl (C=O) groups is 3. The Balaban J connectivity index is 2.09. The Kier molecular flexibility index (Phi) is 5.20. The van der Waals surface area contributed by atoms with E-state index in [1.165, 1.54) is 29.2 Å². The third kappa shape index (κ3) is 4.13. The number of aliphatic hydroxyl groups is 1. The van der Waals surface area contributed by atoms with Crippen LogP contribution >= 0.6 is 0 Å². The largest absolute Gasteiger partial charge is 0.502 e. The third-order valence-electron chi connectivity index (χ3n) is 3.03. The van der Waals surface area contributed by atoms with Crippen molar-refractivity contribution in [2.45, 2.75) is 6.54 Å². The summed E-state index contributed by atoms with van der Waals surface area (Å²) in [6.45, 7) is 0.331. The van der Waals surface area contributed by atoms with Crippen LogP contribution in [0.4, 0.5) is 4.39 Å². The lowest BCUT2D eigenvalue weighted by molar-refractivity contribution is -0.139. The van der Waals surface area contributed by atoms with Gasteiger partial charge in [-0.1, -0.05) is 12.1 Å². The van der Waals surface area contributed by atoms with E-state index in [0.717, 1.165) is 12.7 Å². The van der Waals surface area contributed by atoms with Crippen molar-refractivity contribution in [3.05, 3.63) is 65.7 Å². The minimum atomic E-state index is -1.13. The van der Waals surface area contributed by atoms with Gasteiger partial charge in [-0.2, -0.15) is 0 Å². The highest BCUT2D eigenvalue weighted by atomic mass is 19.1. The zero-order chi connectivity index (χ0) is 17.7. The average Bonchev–Trinajstić information content (AvgIpc) is 3.03. The molecule has 0 saturated carbocycles. The summed E-state index contributed by atoms with van der Waals surface area (Å²) in [5.74, 6) is -4.55. The van der Waals surface area contributed by atoms with Crippen molar-refractivity contribution in [2.24, 2.45) is 0 Å². The Hall–Kier alpha value is -3.29. The molecule has 1 aromatic heterocycles. The quantitative estimate of drug-likeness (QED) is 0.282. The number of carbonyl (C=O) groups excluding carboxylic acids is 3. The fourth-order valence-corrected chi connectivity index (χ4v) is 1.84. The summed E-state index contributed by atoms with van der Waals surface area (Å²) in [7, 11) is 1.02. The number of ether oxygens (including phenoxy) is 1. The molecule has 0 fully saturated rings. The van der Waals surface area contributed by atoms with Gasteiger partial charge in [-0.25, -0.2) is 14.2 Å². The van der Waals surface area contributed by atoms with Gasteiger partial charge in [-0.15, -0.1) is 0 Å². The zero-order valence-electron chi connectivity index (χ0n) is 12.6. The first kappa shape index (κ1) is 17.1. The number of esters is 1. The monoisotopic (exact) mass is 332 g/mol. The Morgan fingerprint density at radius 3 is 2.58 bits per heavy atom. The van der Waals surface area contributed by atoms with Gasteiger partial charge in [-0.05, 0) is 17.7 Å². The molecular formula is C16H13FN2O5. The van der Waals surface area contributed by atoms with Crippen molar-refractivity contribution in [3.8, 4) is 0 Å². The molecule has 8 heteroatoms. The highest BCUT2D eigenvalue weighted by Gasteiger charge is 2.20. The number of methoxy groups -OCH3 is 1. The molecule has 1 heterocycles. The molecule has 0 bridgehead atoms. The van der Waals surface area contributed by atoms with Crippen LogP contribution in [0.2, 0.25) is 0 Å². The molecule has 24 heavy (non-hydrogen) atoms. The first-order valence-corrected chi connectivity index (χ1v) is 6.74. The van der Waals surface area contributed by atoms with Crippen LogP contribution in [0.1, 0.15) is 16.1 Å². The molecule has 0 atom stereocenters. The van der Waals surface area contributed by atoms with Crippen molar-refractivity contribution in [1.29, 1.82) is 0 Å². The maximum atomic E-state index is 12.9. The summed E-state index contributed by atoms with van der Waals surface area (Å²) in [4.78, 5) is 38.4. The lowest BCUT2D eigenvalue weighted by Gasteiger charge is -2.01. The molecule has 7 nitrogen and oxygen atoms in total. The van der Waals surface area contributed by atoms with Crippen LogP contribution in [0.5, 0.6) is 0 Å². The van der Waals surface area contributed by atoms with Gasteiger partial charge < -0.3 is 14.4 Å². The van der Waals surface area contributed by atoms with Crippen LogP contribution < -0.4 is 0 Å². The Morgan fingerprint density at radius 1 is 1.29 bits per heavy atom. The molecule has 0 amide bonds. The summed E-state index contributed by atoms with van der Waals surface area (Å²) in [6.07, 6.45) is 3.16. The van der Waals surface area contributed by atoms with Gasteiger partial charge in [0.05, 0.1) is 13.4 Å². The summed E-state index contributed by atoms with van der Waals surface area (Å²) >= 11 is 0. The second kappa shape index (κ2) is 7.32. The zero-order valence-corrected chi connectivity index (χ0v) is 12.6. The highest BCUT2D eigenvalue weighted by Crippen LogP contribution is 2.07. The lowest BCUT2D eigenvalue weighted by Crippen LogP contribution is -2.15. The summed E-state index contributed by atoms with van der Waals surface area (Å²) in [5.41, 5.74) is 0.637. The number of ketones is 2. The van der Waals surface area contributed by atoms with E-state index in [9.17, 15) is 23.9 Å². The number of imidazole rings is 1. The van der Waals surface area contributed by atoms with E-state index in [1.807, 2.05) is 0 Å². The smallest absolute Gasteiger partial charge is 0.373 e. The number of halogens is 1. The number of rotatable bonds is 6. The molecule has 1 N–H and O–H groups in total. The van der Waals surface area contributed by atoms with E-state index >= 15 is 0 Å². The third-order valence-corrected chi connectivity index (χ3v) is 3.03. The Labute approximate surface area is 136 Å². The molecule has 2 rings (SSSR count). The molecule has 0 unspecified atom stereocenters. The van der Waals surface area contributed by atoms with E-state index in [0.29, 0.717) is 12.6 Å². The summed E-state index contributed by atoms with van der Waals surface area (Å²) < 4.78 is 18.6. The van der Waals surface area contributed by atoms with E-state index in [1.54, 1.807) is 12.1 Å². The van der Waals surface area contributed by atoms with Gasteiger partial charge in [0.1, 0.15) is 11.5 Å². The normalized spacial score (nSPS) is 11.2. The van der Waals surface area contributed by atoms with Crippen LogP contribution in [-0.2, 0) is 20.9 Å². The SMILES string of the molecule is COC(=O)C(O)=CC(=O)C(=O)c1cn(Cc2ccc(F)cc2)cn1. The van der Waals surface area contributed by atoms with Crippen LogP contribution in [0.15, 0.2) is 48.6 Å². The molecule has 1 aromatic carbocycles. The maximum absolute atomic E-state index is 12.9. The van der Waals surface area contributed by atoms with E-state index in [4.69, 9.17) is 0 Å². The number of aromatic nitrogens is 2. The second-order valence-electron chi connectivity index (χ2n) is 4.77. The molecule has 0 aliphatic heterocycles. The molecular weight excluding hydrogens is 319 g/mol. The number of hydrogen-bond donors (Lipinski definition) is 1. The predicted octanol–water partition coefficient (Wildman–Crippen LogP) is 1.44. The van der Waals surface area contributed by atoms with Crippen molar-refractivity contribution in [2.75, 3.05) is 7.11 Å². The number of benzene rings is 1. The Bertz CT molecular complexity index is 808. The standard InChI is InChI=1S/C16H13FN2O5/c1-24-16(23)14(21)6-13(20)15(22)12-8-19(9-18-12)7-10-2-4-11(17)5-3-10/h2-6,8-9,21H,7H2,1H3. The van der Waals surface area contributed by atoms with Crippen molar-refractivity contribution in [3.63, 3.8) is 0 Å². The fourth-order valence-electron chi connectivity index (χ4n) is 1.84. The number of hydrogen-bond acceptors (Lipinski definition) is 6. The van der Waals surface area contributed by atoms with Gasteiger partial charge >= 0.3 is 5.97 Å². The van der Waals surface area contributed by atoms with Crippen LogP contribution in [0, 0.1) is 5.82 Å². The fraction of sp³-hybridized carbons (Fsp3) is 0.125. The first-order valence-electron chi connectivity index (χ1n) is 6.74. The molecule has 2 aromatic rings. The predicted molar refractivity (Wildman–Crippen MR) is 79.8 cm³/mol. The molecule has 0 spiro atoms. The van der Waals surface area contributed by atoms with E-state index in [2.05, 4.69) is 9.72 Å². The van der Waals surface area contributed by atoms with Gasteiger partial charge in [0, 0.05) is 18.8 Å². The van der Waals surface area contributed by atoms with Gasteiger partial charge in [0.2, 0.25) is 11.5 Å². The maximum Gasteiger partial charge on any atom is 0.373 e. The number of aliphatic hydroxyl groups excluding tert-OH is 1. The van der Waals surface area contributed by atoms with Crippen LogP contribution in [-0.4, -0.2) is 39.3 Å². The Morgan fingerprint density at radius 2 is 1.96 bits per heavy atom. The van der Waals surface area contributed by atoms with Gasteiger partial charge in [0.15, 0.2) is 0 Å². The molecule has 0 aliphatic rings. The minimum Gasteiger partial charge on any atom is -0.502 e. The van der Waals surface area contributed by atoms with Crippen LogP contribution in [0.25, 0.3) is 0 Å². The van der Waals surface area contributed by atoms with Gasteiger partial charge in [-0.3, -0.25) is 9.59 Å². The average molecular weight is 332 g/mol. The molecule has 0 radical (unpaired) electrons. The van der Waals surface area contributed by atoms with Crippen molar-refractivity contribution < 1.29 is 28.6 Å². The van der Waals surface area contributed by atoms with Crippen molar-refractivity contribution >= 4 is 17.5 Å². The molecule has 0 aliphatic carbocycles. The summed E-state index contributed by atoms with van der Waals surface area (Å²) in [5, 5.41) is 9.26. The highest BCUT2D eigenvalue weighted by molar-refractivity contribution is 6.47. The topological polar surface area (TPSA) is 98.5 Å². The van der Waals surface area contributed by atoms with E-state index < -0.39 is 23.3 Å². The van der Waals surface area contributed by atoms with Crippen molar-refractivity contribution in [1.82, 2.24) is 9.55 Å². The van der Waals surface area contributed by atoms with E-state index in [-0.39, 0.29) is 11.5 Å². The van der Waals surface area contributed by atoms with Gasteiger partial charge in [0.25, 0.3) is 5.78 Å². The first-order chi connectivity index (χ1) is 11.4. The number of nitrogens with zero attached hydrogens (tertiary/aromatic N) is 2. The number of allylic oxidation sites excluding steroid dienone is 1. The minimum absolute atomic E-state index is 0.143. The molecule has 124 valence electrons. The van der Waals surface area contributed by atoms with Crippen LogP contribution in [0.3, 0.4) is 0 Å². The lowest BCUT2D eigenvalue weighted by atomic mass is 10.2. The second-order valence-corrected chi connectivity index (χ2v) is 4.77. The molecule has 0 saturated heterocycles. The summed E-state index contributed by atoms with van der Waals surface area (Å²) in [6, 6.07) is 5.78. The number of Topliss-reactive ketones (excluding diaryl/α,β-unsaturated/α-hetero) is 1.